The molecule has 0 aliphatic heterocycles. The maximum Gasteiger partial charge on any atom is 0.412 e. The molecular formula is C14H19FN2O5. The molecule has 1 aromatic carbocycles. The van der Waals surface area contributed by atoms with Crippen molar-refractivity contribution in [3.8, 4) is 5.75 Å². The monoisotopic (exact) mass is 314 g/mol. The summed E-state index contributed by atoms with van der Waals surface area (Å²) < 4.78 is 18.5. The lowest BCUT2D eigenvalue weighted by molar-refractivity contribution is -0.0756. The maximum absolute atomic E-state index is 13.5. The van der Waals surface area contributed by atoms with E-state index in [0.29, 0.717) is 0 Å². The molecule has 0 unspecified atom stereocenters. The summed E-state index contributed by atoms with van der Waals surface area (Å²) in [4.78, 5) is 28.6. The summed E-state index contributed by atoms with van der Waals surface area (Å²) in [6.07, 6.45) is -0.855. The van der Waals surface area contributed by atoms with Crippen LogP contribution in [0.25, 0.3) is 0 Å². The third-order valence-corrected chi connectivity index (χ3v) is 2.51. The summed E-state index contributed by atoms with van der Waals surface area (Å²) in [6.45, 7) is 4.98. The van der Waals surface area contributed by atoms with Gasteiger partial charge in [0.2, 0.25) is 0 Å². The fraction of sp³-hybridized carbons (Fsp3) is 0.429. The van der Waals surface area contributed by atoms with E-state index in [0.717, 1.165) is 17.2 Å². The normalized spacial score (nSPS) is 11.0. The van der Waals surface area contributed by atoms with Gasteiger partial charge >= 0.3 is 6.09 Å². The fourth-order valence-electron chi connectivity index (χ4n) is 1.51. The van der Waals surface area contributed by atoms with Crippen LogP contribution in [0.5, 0.6) is 5.75 Å². The average Bonchev–Trinajstić information content (AvgIpc) is 2.38. The molecule has 122 valence electrons. The van der Waals surface area contributed by atoms with Gasteiger partial charge in [0.1, 0.15) is 5.60 Å². The molecule has 1 aromatic rings. The highest BCUT2D eigenvalue weighted by atomic mass is 19.1. The molecule has 8 heteroatoms. The molecule has 0 atom stereocenters. The number of aromatic hydroxyl groups is 1. The fourth-order valence-corrected chi connectivity index (χ4v) is 1.51. The van der Waals surface area contributed by atoms with Crippen LogP contribution < -0.4 is 5.32 Å². The van der Waals surface area contributed by atoms with Gasteiger partial charge < -0.3 is 9.84 Å². The second-order valence-corrected chi connectivity index (χ2v) is 5.46. The summed E-state index contributed by atoms with van der Waals surface area (Å²) in [6, 6.07) is 1.73. The first-order chi connectivity index (χ1) is 10.0. The summed E-state index contributed by atoms with van der Waals surface area (Å²) in [5, 5.41) is 12.6. The molecule has 0 aliphatic rings. The van der Waals surface area contributed by atoms with Crippen LogP contribution in [-0.2, 0) is 9.57 Å². The molecule has 0 saturated carbocycles. The Morgan fingerprint density at radius 3 is 2.41 bits per heavy atom. The number of carbonyl (C=O) groups excluding carboxylic acids is 2. The van der Waals surface area contributed by atoms with E-state index < -0.39 is 29.2 Å². The zero-order chi connectivity index (χ0) is 17.1. The van der Waals surface area contributed by atoms with Crippen LogP contribution >= 0.6 is 0 Å². The minimum Gasteiger partial charge on any atom is -0.505 e. The van der Waals surface area contributed by atoms with Crippen LogP contribution in [-0.4, -0.2) is 41.9 Å². The molecule has 2 N–H and O–H groups in total. The first-order valence-corrected chi connectivity index (χ1v) is 6.40. The Kier molecular flexibility index (Phi) is 5.32. The number of hydroxylamine groups is 2. The van der Waals surface area contributed by atoms with Crippen molar-refractivity contribution in [1.82, 2.24) is 5.06 Å². The lowest BCUT2D eigenvalue weighted by Gasteiger charge is -2.21. The molecule has 0 saturated heterocycles. The van der Waals surface area contributed by atoms with Gasteiger partial charge in [0, 0.05) is 13.1 Å². The van der Waals surface area contributed by atoms with Gasteiger partial charge in [0.05, 0.1) is 18.4 Å². The third-order valence-electron chi connectivity index (χ3n) is 2.51. The van der Waals surface area contributed by atoms with Crippen LogP contribution in [0.1, 0.15) is 31.1 Å². The number of nitrogens with one attached hydrogen (secondary N) is 1. The van der Waals surface area contributed by atoms with E-state index in [4.69, 9.17) is 9.57 Å². The maximum atomic E-state index is 13.5. The van der Waals surface area contributed by atoms with Crippen molar-refractivity contribution in [3.63, 3.8) is 0 Å². The number of rotatable bonds is 3. The van der Waals surface area contributed by atoms with E-state index in [1.54, 1.807) is 20.8 Å². The second kappa shape index (κ2) is 6.61. The van der Waals surface area contributed by atoms with Crippen LogP contribution in [0, 0.1) is 5.82 Å². The van der Waals surface area contributed by atoms with Gasteiger partial charge in [-0.25, -0.2) is 14.2 Å². The standard InChI is InChI=1S/C14H19FN2O5/c1-14(2,3)22-13(20)16-10-7-9(15)11(18)6-8(10)12(19)17(4)21-5/h6-7,18H,1-5H3,(H,16,20). The SMILES string of the molecule is CON(C)C(=O)c1cc(O)c(F)cc1NC(=O)OC(C)(C)C. The lowest BCUT2D eigenvalue weighted by Crippen LogP contribution is -2.29. The van der Waals surface area contributed by atoms with Gasteiger partial charge in [-0.05, 0) is 26.8 Å². The first-order valence-electron chi connectivity index (χ1n) is 6.40. The third kappa shape index (κ3) is 4.59. The van der Waals surface area contributed by atoms with Crippen LogP contribution in [0.4, 0.5) is 14.9 Å². The van der Waals surface area contributed by atoms with Gasteiger partial charge in [-0.3, -0.25) is 14.9 Å². The Morgan fingerprint density at radius 2 is 1.91 bits per heavy atom. The molecule has 0 radical (unpaired) electrons. The van der Waals surface area contributed by atoms with Crippen molar-refractivity contribution >= 4 is 17.7 Å². The van der Waals surface area contributed by atoms with E-state index in [9.17, 15) is 19.1 Å². The number of carbonyl (C=O) groups is 2. The second-order valence-electron chi connectivity index (χ2n) is 5.46. The Bertz CT molecular complexity index is 583. The number of ether oxygens (including phenoxy) is 1. The number of phenols is 1. The molecule has 0 bridgehead atoms. The number of benzene rings is 1. The molecule has 0 spiro atoms. The van der Waals surface area contributed by atoms with E-state index in [-0.39, 0.29) is 11.3 Å². The minimum absolute atomic E-state index is 0.140. The highest BCUT2D eigenvalue weighted by Crippen LogP contribution is 2.26. The molecule has 1 rings (SSSR count). The number of phenolic OH excluding ortho intramolecular Hbond substituents is 1. The number of hydrogen-bond acceptors (Lipinski definition) is 5. The van der Waals surface area contributed by atoms with Crippen LogP contribution in [0.15, 0.2) is 12.1 Å². The smallest absolute Gasteiger partial charge is 0.412 e. The quantitative estimate of drug-likeness (QED) is 0.661. The molecule has 0 heterocycles. The molecule has 2 amide bonds. The Morgan fingerprint density at radius 1 is 1.32 bits per heavy atom. The summed E-state index contributed by atoms with van der Waals surface area (Å²) in [5.41, 5.74) is -1.04. The van der Waals surface area contributed by atoms with Gasteiger partial charge in [0.25, 0.3) is 5.91 Å². The zero-order valence-corrected chi connectivity index (χ0v) is 13.1. The summed E-state index contributed by atoms with van der Waals surface area (Å²) >= 11 is 0. The van der Waals surface area contributed by atoms with E-state index in [1.165, 1.54) is 14.2 Å². The van der Waals surface area contributed by atoms with E-state index in [2.05, 4.69) is 5.32 Å². The molecular weight excluding hydrogens is 295 g/mol. The van der Waals surface area contributed by atoms with Crippen molar-refractivity contribution in [1.29, 1.82) is 0 Å². The van der Waals surface area contributed by atoms with Gasteiger partial charge in [-0.2, -0.15) is 0 Å². The number of halogens is 1. The molecule has 0 fully saturated rings. The van der Waals surface area contributed by atoms with Crippen molar-refractivity contribution < 1.29 is 28.7 Å². The molecule has 0 aliphatic carbocycles. The Hall–Kier alpha value is -2.35. The molecule has 7 nitrogen and oxygen atoms in total. The number of anilines is 1. The minimum atomic E-state index is -0.984. The number of amides is 2. The first kappa shape index (κ1) is 17.7. The highest BCUT2D eigenvalue weighted by Gasteiger charge is 2.22. The zero-order valence-electron chi connectivity index (χ0n) is 13.1. The Labute approximate surface area is 127 Å². The van der Waals surface area contributed by atoms with Crippen molar-refractivity contribution in [2.45, 2.75) is 26.4 Å². The molecule has 0 aromatic heterocycles. The lowest BCUT2D eigenvalue weighted by atomic mass is 10.1. The van der Waals surface area contributed by atoms with Gasteiger partial charge in [-0.1, -0.05) is 0 Å². The van der Waals surface area contributed by atoms with Crippen molar-refractivity contribution in [2.75, 3.05) is 19.5 Å². The van der Waals surface area contributed by atoms with Crippen molar-refractivity contribution in [2.24, 2.45) is 0 Å². The van der Waals surface area contributed by atoms with Crippen molar-refractivity contribution in [3.05, 3.63) is 23.5 Å². The van der Waals surface area contributed by atoms with Crippen LogP contribution in [0.2, 0.25) is 0 Å². The summed E-state index contributed by atoms with van der Waals surface area (Å²) in [5.74, 6) is -2.38. The Balaban J connectivity index is 3.15. The van der Waals surface area contributed by atoms with E-state index >= 15 is 0 Å². The highest BCUT2D eigenvalue weighted by molar-refractivity contribution is 6.02. The number of hydrogen-bond donors (Lipinski definition) is 2. The predicted molar refractivity (Wildman–Crippen MR) is 77.0 cm³/mol. The van der Waals surface area contributed by atoms with Gasteiger partial charge in [0.15, 0.2) is 11.6 Å². The topological polar surface area (TPSA) is 88.1 Å². The van der Waals surface area contributed by atoms with E-state index in [1.807, 2.05) is 0 Å². The average molecular weight is 314 g/mol. The molecule has 22 heavy (non-hydrogen) atoms. The summed E-state index contributed by atoms with van der Waals surface area (Å²) in [7, 11) is 2.60. The van der Waals surface area contributed by atoms with Crippen LogP contribution in [0.3, 0.4) is 0 Å². The largest absolute Gasteiger partial charge is 0.505 e. The van der Waals surface area contributed by atoms with Gasteiger partial charge in [-0.15, -0.1) is 0 Å². The number of nitrogens with zero attached hydrogens (tertiary/aromatic N) is 1. The predicted octanol–water partition coefficient (Wildman–Crippen LogP) is 2.51.